The minimum Gasteiger partial charge on any atom is -0.460 e. The molecule has 0 aromatic rings. The molecule has 3 heterocycles. The van der Waals surface area contributed by atoms with Gasteiger partial charge in [0, 0.05) is 44.9 Å². The topological polar surface area (TPSA) is 186 Å². The monoisotopic (exact) mass is 884 g/mol. The molecule has 13 nitrogen and oxygen atoms in total. The van der Waals surface area contributed by atoms with Crippen LogP contribution in [0, 0.1) is 35.5 Å². The number of esters is 1. The number of carbonyl (C=O) groups excluding carboxylic acids is 5. The van der Waals surface area contributed by atoms with Gasteiger partial charge in [-0.15, -0.1) is 0 Å². The van der Waals surface area contributed by atoms with Crippen LogP contribution in [0.2, 0.25) is 0 Å². The highest BCUT2D eigenvalue weighted by molar-refractivity contribution is 6.39. The molecular formula is C50H77NO12. The van der Waals surface area contributed by atoms with Gasteiger partial charge in [0.2, 0.25) is 5.79 Å². The normalized spacial score (nSPS) is 40.1. The third-order valence-electron chi connectivity index (χ3n) is 14.1. The van der Waals surface area contributed by atoms with Gasteiger partial charge in [0.25, 0.3) is 11.7 Å². The number of aliphatic hydroxyl groups excluding tert-OH is 2. The standard InChI is InChI=1S/C50H77NO12/c1-30-15-11-10-12-16-31(2)25-34(5)44(54)46(61-9)45(55)35(6)26-32(3)41(53)29-42(33(4)27-37-20-23-40(52)43(28-37)60-8)62-49(58)39-17-13-14-24-51(39)48(57)47(56)50(59)36(7)19-22-38(63-50)21-18-30/h10-12,15-16,26,31-34,36-40,42-43,45-46,52,55,59H,13-14,17-25,27-29H2,1-9H3/b11-10+,16-12+,30-15+,35-26+/t31-,32-,33-,34-,36-,37+,38-,39+,40-,42+,43-,45-,46+,50-/m1/s1. The Balaban J connectivity index is 1.67. The molecule has 14 atom stereocenters. The Labute approximate surface area is 375 Å². The molecular weight excluding hydrogens is 807 g/mol. The van der Waals surface area contributed by atoms with Crippen molar-refractivity contribution in [3.63, 3.8) is 0 Å². The Hall–Kier alpha value is -3.33. The van der Waals surface area contributed by atoms with Crippen LogP contribution in [0.3, 0.4) is 0 Å². The Morgan fingerprint density at radius 3 is 2.32 bits per heavy atom. The maximum atomic E-state index is 14.3. The molecule has 4 aliphatic rings. The zero-order valence-electron chi connectivity index (χ0n) is 39.3. The van der Waals surface area contributed by atoms with Crippen LogP contribution < -0.4 is 0 Å². The van der Waals surface area contributed by atoms with E-state index < -0.39 is 77.8 Å². The van der Waals surface area contributed by atoms with Gasteiger partial charge in [-0.25, -0.2) is 4.79 Å². The number of hydrogen-bond donors (Lipinski definition) is 3. The number of ketones is 3. The van der Waals surface area contributed by atoms with E-state index in [0.29, 0.717) is 69.8 Å². The highest BCUT2D eigenvalue weighted by atomic mass is 16.6. The van der Waals surface area contributed by atoms with Gasteiger partial charge in [-0.3, -0.25) is 19.2 Å². The number of carbonyl (C=O) groups is 5. The first-order valence-electron chi connectivity index (χ1n) is 23.4. The van der Waals surface area contributed by atoms with Crippen molar-refractivity contribution in [3.05, 3.63) is 47.6 Å². The van der Waals surface area contributed by atoms with Gasteiger partial charge >= 0.3 is 5.97 Å². The summed E-state index contributed by atoms with van der Waals surface area (Å²) in [7, 11) is 2.95. The second-order valence-electron chi connectivity index (χ2n) is 19.3. The number of cyclic esters (lactones) is 1. The minimum absolute atomic E-state index is 0.0501. The fraction of sp³-hybridized carbons (Fsp3) is 0.740. The number of allylic oxidation sites excluding steroid dienone is 7. The molecule has 2 saturated heterocycles. The molecule has 3 aliphatic heterocycles. The number of rotatable bonds is 5. The quantitative estimate of drug-likeness (QED) is 0.154. The third-order valence-corrected chi connectivity index (χ3v) is 14.1. The highest BCUT2D eigenvalue weighted by Crippen LogP contribution is 2.37. The van der Waals surface area contributed by atoms with Crippen molar-refractivity contribution in [2.75, 3.05) is 20.8 Å². The summed E-state index contributed by atoms with van der Waals surface area (Å²) in [4.78, 5) is 71.4. The maximum Gasteiger partial charge on any atom is 0.329 e. The van der Waals surface area contributed by atoms with E-state index in [0.717, 1.165) is 12.0 Å². The summed E-state index contributed by atoms with van der Waals surface area (Å²) in [5, 5.41) is 33.7. The van der Waals surface area contributed by atoms with Gasteiger partial charge in [0.05, 0.1) is 18.3 Å². The van der Waals surface area contributed by atoms with Crippen molar-refractivity contribution in [1.82, 2.24) is 4.90 Å². The first kappa shape index (κ1) is 52.3. The largest absolute Gasteiger partial charge is 0.460 e. The summed E-state index contributed by atoms with van der Waals surface area (Å²) < 4.78 is 23.5. The van der Waals surface area contributed by atoms with Crippen LogP contribution in [0.1, 0.15) is 132 Å². The van der Waals surface area contributed by atoms with Crippen molar-refractivity contribution >= 4 is 29.2 Å². The summed E-state index contributed by atoms with van der Waals surface area (Å²) in [6.45, 7) is 12.9. The first-order valence-corrected chi connectivity index (χ1v) is 23.4. The number of methoxy groups -OCH3 is 2. The molecule has 0 aromatic heterocycles. The Morgan fingerprint density at radius 2 is 1.62 bits per heavy atom. The van der Waals surface area contributed by atoms with E-state index in [1.807, 2.05) is 58.1 Å². The van der Waals surface area contributed by atoms with Crippen LogP contribution in [-0.2, 0) is 42.9 Å². The lowest BCUT2D eigenvalue weighted by atomic mass is 9.78. The Bertz CT molecular complexity index is 1700. The van der Waals surface area contributed by atoms with Gasteiger partial charge in [0.1, 0.15) is 30.1 Å². The first-order chi connectivity index (χ1) is 29.8. The number of Topliss-reactive ketones (excluding diaryl/α,β-unsaturated/α-hetero) is 3. The van der Waals surface area contributed by atoms with Gasteiger partial charge < -0.3 is 39.2 Å². The summed E-state index contributed by atoms with van der Waals surface area (Å²) in [5.41, 5.74) is 1.46. The molecule has 2 bridgehead atoms. The summed E-state index contributed by atoms with van der Waals surface area (Å²) in [6.07, 6.45) is 13.1. The van der Waals surface area contributed by atoms with E-state index in [1.54, 1.807) is 34.0 Å². The smallest absolute Gasteiger partial charge is 0.329 e. The zero-order valence-corrected chi connectivity index (χ0v) is 39.3. The number of hydrogen-bond acceptors (Lipinski definition) is 12. The molecule has 1 aliphatic carbocycles. The fourth-order valence-corrected chi connectivity index (χ4v) is 9.82. The lowest BCUT2D eigenvalue weighted by Gasteiger charge is -2.42. The van der Waals surface area contributed by atoms with Crippen molar-refractivity contribution in [3.8, 4) is 0 Å². The maximum absolute atomic E-state index is 14.3. The predicted molar refractivity (Wildman–Crippen MR) is 239 cm³/mol. The van der Waals surface area contributed by atoms with Crippen LogP contribution >= 0.6 is 0 Å². The lowest BCUT2D eigenvalue weighted by Crippen LogP contribution is -2.60. The Morgan fingerprint density at radius 1 is 0.889 bits per heavy atom. The summed E-state index contributed by atoms with van der Waals surface area (Å²) in [6, 6.07) is -1.11. The second-order valence-corrected chi connectivity index (χ2v) is 19.3. The average Bonchev–Trinajstić information content (AvgIpc) is 3.26. The summed E-state index contributed by atoms with van der Waals surface area (Å²) >= 11 is 0. The van der Waals surface area contributed by atoms with E-state index in [2.05, 4.69) is 0 Å². The van der Waals surface area contributed by atoms with Gasteiger partial charge in [0.15, 0.2) is 5.78 Å². The van der Waals surface area contributed by atoms with Gasteiger partial charge in [-0.05, 0) is 114 Å². The van der Waals surface area contributed by atoms with Crippen LogP contribution in [0.15, 0.2) is 47.6 Å². The number of piperidine rings is 1. The molecule has 0 unspecified atom stereocenters. The second kappa shape index (κ2) is 24.3. The lowest BCUT2D eigenvalue weighted by molar-refractivity contribution is -0.263. The molecule has 1 saturated carbocycles. The third kappa shape index (κ3) is 14.1. The van der Waals surface area contributed by atoms with Crippen LogP contribution in [-0.4, -0.2) is 119 Å². The molecule has 63 heavy (non-hydrogen) atoms. The van der Waals surface area contributed by atoms with Crippen molar-refractivity contribution in [2.24, 2.45) is 35.5 Å². The number of aliphatic hydroxyl groups is 3. The van der Waals surface area contributed by atoms with E-state index in [4.69, 9.17) is 18.9 Å². The SMILES string of the molecule is CO[C@@H]1C[C@H](C[C@@H](C)[C@@H]2CC(=O)[C@H](C)/C=C(\C)[C@@H](O)[C@@H](OC)C(=O)[C@H](C)C[C@H](C)/C=C/C=C/C=C(\C)CC[C@@H]3CC[C@@H](C)[C@@](O)(O3)C(=O)C(=O)N3CCCC[C@H]3C(=O)O2)CC[C@H]1O. The van der Waals surface area contributed by atoms with Crippen molar-refractivity contribution < 1.29 is 58.2 Å². The molecule has 1 amide bonds. The van der Waals surface area contributed by atoms with Gasteiger partial charge in [-0.1, -0.05) is 76.6 Å². The summed E-state index contributed by atoms with van der Waals surface area (Å²) in [5.74, 6) is -7.65. The molecule has 354 valence electrons. The average molecular weight is 884 g/mol. The molecule has 0 aromatic carbocycles. The molecule has 0 radical (unpaired) electrons. The predicted octanol–water partition coefficient (Wildman–Crippen LogP) is 6.56. The molecule has 0 spiro atoms. The molecule has 3 N–H and O–H groups in total. The number of nitrogens with zero attached hydrogens (tertiary/aromatic N) is 1. The number of amides is 1. The molecule has 3 fully saturated rings. The van der Waals surface area contributed by atoms with Crippen LogP contribution in [0.5, 0.6) is 0 Å². The van der Waals surface area contributed by atoms with E-state index in [9.17, 15) is 39.3 Å². The van der Waals surface area contributed by atoms with Gasteiger partial charge in [-0.2, -0.15) is 0 Å². The van der Waals surface area contributed by atoms with Crippen molar-refractivity contribution in [2.45, 2.75) is 180 Å². The minimum atomic E-state index is -2.36. The number of ether oxygens (including phenoxy) is 4. The van der Waals surface area contributed by atoms with E-state index in [-0.39, 0.29) is 54.8 Å². The van der Waals surface area contributed by atoms with E-state index in [1.165, 1.54) is 12.0 Å². The fourth-order valence-electron chi connectivity index (χ4n) is 9.82. The van der Waals surface area contributed by atoms with Crippen molar-refractivity contribution in [1.29, 1.82) is 0 Å². The number of fused-ring (bicyclic) bond motifs is 3. The highest BCUT2D eigenvalue weighted by Gasteiger charge is 2.53. The Kier molecular flexibility index (Phi) is 20.1. The van der Waals surface area contributed by atoms with Crippen LogP contribution in [0.25, 0.3) is 0 Å². The van der Waals surface area contributed by atoms with E-state index >= 15 is 0 Å². The molecule has 4 rings (SSSR count). The molecule has 13 heteroatoms. The van der Waals surface area contributed by atoms with Crippen LogP contribution in [0.4, 0.5) is 0 Å². The zero-order chi connectivity index (χ0) is 46.6.